The van der Waals surface area contributed by atoms with Crippen LogP contribution in [-0.4, -0.2) is 40.0 Å². The maximum atomic E-state index is 12.2. The maximum Gasteiger partial charge on any atom is 0.388 e. The molecule has 130 valence electrons. The fraction of sp³-hybridized carbons (Fsp3) is 0.533. The van der Waals surface area contributed by atoms with Crippen LogP contribution < -0.4 is 10.1 Å². The van der Waals surface area contributed by atoms with E-state index >= 15 is 0 Å². The van der Waals surface area contributed by atoms with Gasteiger partial charge in [0.25, 0.3) is 0 Å². The summed E-state index contributed by atoms with van der Waals surface area (Å²) in [5.41, 5.74) is 0.881. The van der Waals surface area contributed by atoms with Crippen LogP contribution in [0.25, 0.3) is 0 Å². The number of H-pyrrole nitrogens is 1. The second-order valence-corrected chi connectivity index (χ2v) is 5.69. The van der Waals surface area contributed by atoms with Gasteiger partial charge in [-0.1, -0.05) is 6.92 Å². The van der Waals surface area contributed by atoms with E-state index in [0.717, 1.165) is 31.7 Å². The first-order chi connectivity index (χ1) is 11.6. The Labute approximate surface area is 137 Å². The van der Waals surface area contributed by atoms with Gasteiger partial charge in [-0.2, -0.15) is 13.9 Å². The first kappa shape index (κ1) is 16.6. The third kappa shape index (κ3) is 4.16. The molecule has 1 saturated heterocycles. The molecule has 0 radical (unpaired) electrons. The van der Waals surface area contributed by atoms with E-state index < -0.39 is 6.61 Å². The molecule has 0 saturated carbocycles. The van der Waals surface area contributed by atoms with E-state index in [9.17, 15) is 8.78 Å². The fourth-order valence-corrected chi connectivity index (χ4v) is 2.77. The molecule has 2 N–H and O–H groups in total. The van der Waals surface area contributed by atoms with Crippen molar-refractivity contribution < 1.29 is 18.3 Å². The van der Waals surface area contributed by atoms with Crippen LogP contribution >= 0.6 is 0 Å². The molecule has 0 unspecified atom stereocenters. The van der Waals surface area contributed by atoms with Crippen molar-refractivity contribution in [2.75, 3.05) is 18.5 Å². The Hall–Kier alpha value is -2.29. The molecule has 1 aliphatic heterocycles. The largest absolute Gasteiger partial charge is 0.417 e. The van der Waals surface area contributed by atoms with Gasteiger partial charge in [0, 0.05) is 31.4 Å². The molecule has 2 aromatic rings. The summed E-state index contributed by atoms with van der Waals surface area (Å²) < 4.78 is 33.9. The van der Waals surface area contributed by atoms with Crippen LogP contribution in [0.1, 0.15) is 31.4 Å². The summed E-state index contributed by atoms with van der Waals surface area (Å²) in [5, 5.41) is 9.15. The van der Waals surface area contributed by atoms with Gasteiger partial charge < -0.3 is 14.8 Å². The molecule has 1 atom stereocenters. The van der Waals surface area contributed by atoms with Crippen LogP contribution in [0.2, 0.25) is 0 Å². The van der Waals surface area contributed by atoms with E-state index in [1.807, 2.05) is 0 Å². The highest BCUT2D eigenvalue weighted by Crippen LogP contribution is 2.31. The number of halogens is 2. The Balaban J connectivity index is 1.67. The number of hydrogen-bond acceptors (Lipinski definition) is 6. The third-order valence-electron chi connectivity index (χ3n) is 4.12. The highest BCUT2D eigenvalue weighted by atomic mass is 19.3. The average molecular weight is 339 g/mol. The second kappa shape index (κ2) is 7.52. The zero-order valence-corrected chi connectivity index (χ0v) is 13.2. The lowest BCUT2D eigenvalue weighted by Gasteiger charge is -2.27. The Kier molecular flexibility index (Phi) is 5.19. The number of nitrogens with one attached hydrogen (secondary N) is 2. The first-order valence-electron chi connectivity index (χ1n) is 7.78. The number of ether oxygens (including phenoxy) is 2. The zero-order chi connectivity index (χ0) is 16.9. The summed E-state index contributed by atoms with van der Waals surface area (Å²) in [6.07, 6.45) is 5.33. The maximum absolute atomic E-state index is 12.2. The van der Waals surface area contributed by atoms with Crippen molar-refractivity contribution in [1.29, 1.82) is 0 Å². The lowest BCUT2D eigenvalue weighted by atomic mass is 9.85. The topological polar surface area (TPSA) is 85.0 Å². The van der Waals surface area contributed by atoms with Gasteiger partial charge in [0.2, 0.25) is 5.88 Å². The quantitative estimate of drug-likeness (QED) is 0.841. The Morgan fingerprint density at radius 2 is 2.08 bits per heavy atom. The van der Waals surface area contributed by atoms with Crippen LogP contribution in [0, 0.1) is 5.92 Å². The summed E-state index contributed by atoms with van der Waals surface area (Å²) in [5.74, 6) is 1.49. The van der Waals surface area contributed by atoms with Gasteiger partial charge in [0.1, 0.15) is 5.82 Å². The molecule has 9 heteroatoms. The Morgan fingerprint density at radius 3 is 2.83 bits per heavy atom. The predicted octanol–water partition coefficient (Wildman–Crippen LogP) is 3.07. The second-order valence-electron chi connectivity index (χ2n) is 5.69. The molecule has 7 nitrogen and oxygen atoms in total. The normalized spacial score (nSPS) is 17.0. The van der Waals surface area contributed by atoms with Crippen molar-refractivity contribution in [3.05, 3.63) is 24.2 Å². The van der Waals surface area contributed by atoms with Gasteiger partial charge >= 0.3 is 6.61 Å². The molecule has 1 fully saturated rings. The number of anilines is 2. The number of aromatic amines is 1. The first-order valence-corrected chi connectivity index (χ1v) is 7.78. The number of aromatic nitrogens is 4. The van der Waals surface area contributed by atoms with Gasteiger partial charge in [-0.25, -0.2) is 10.1 Å². The van der Waals surface area contributed by atoms with Crippen LogP contribution in [-0.2, 0) is 4.74 Å². The van der Waals surface area contributed by atoms with E-state index in [2.05, 4.69) is 37.1 Å². The highest BCUT2D eigenvalue weighted by molar-refractivity contribution is 5.51. The Bertz CT molecular complexity index is 661. The van der Waals surface area contributed by atoms with Crippen LogP contribution in [0.15, 0.2) is 18.5 Å². The van der Waals surface area contributed by atoms with Crippen LogP contribution in [0.5, 0.6) is 5.88 Å². The van der Waals surface area contributed by atoms with Gasteiger partial charge in [0.05, 0.1) is 11.9 Å². The molecule has 0 bridgehead atoms. The van der Waals surface area contributed by atoms with Crippen molar-refractivity contribution in [3.8, 4) is 5.88 Å². The van der Waals surface area contributed by atoms with Crippen LogP contribution in [0.4, 0.5) is 20.4 Å². The van der Waals surface area contributed by atoms with Gasteiger partial charge in [-0.3, -0.25) is 4.98 Å². The van der Waals surface area contributed by atoms with E-state index in [-0.39, 0.29) is 11.8 Å². The smallest absolute Gasteiger partial charge is 0.388 e. The SMILES string of the molecule is C[C@H](c1cncc(Nc2cc(OC(F)F)[nH]n2)n1)C1CCOCC1. The average Bonchev–Trinajstić information content (AvgIpc) is 3.01. The highest BCUT2D eigenvalue weighted by Gasteiger charge is 2.23. The van der Waals surface area contributed by atoms with Crippen molar-refractivity contribution in [1.82, 2.24) is 20.2 Å². The summed E-state index contributed by atoms with van der Waals surface area (Å²) in [6, 6.07) is 1.34. The van der Waals surface area contributed by atoms with Gasteiger partial charge in [0.15, 0.2) is 5.82 Å². The molecule has 0 aromatic carbocycles. The monoisotopic (exact) mass is 339 g/mol. The summed E-state index contributed by atoms with van der Waals surface area (Å²) in [7, 11) is 0. The minimum atomic E-state index is -2.90. The lowest BCUT2D eigenvalue weighted by Crippen LogP contribution is -2.21. The van der Waals surface area contributed by atoms with Gasteiger partial charge in [-0.05, 0) is 18.8 Å². The van der Waals surface area contributed by atoms with Crippen molar-refractivity contribution in [2.24, 2.45) is 5.92 Å². The van der Waals surface area contributed by atoms with E-state index in [4.69, 9.17) is 4.74 Å². The molecule has 24 heavy (non-hydrogen) atoms. The number of rotatable bonds is 6. The summed E-state index contributed by atoms with van der Waals surface area (Å²) in [6.45, 7) is 0.787. The van der Waals surface area contributed by atoms with Crippen LogP contribution in [0.3, 0.4) is 0 Å². The van der Waals surface area contributed by atoms with Gasteiger partial charge in [-0.15, -0.1) is 0 Å². The molecule has 2 aromatic heterocycles. The zero-order valence-electron chi connectivity index (χ0n) is 13.2. The number of alkyl halides is 2. The summed E-state index contributed by atoms with van der Waals surface area (Å²) in [4.78, 5) is 8.76. The van der Waals surface area contributed by atoms with E-state index in [1.165, 1.54) is 6.07 Å². The van der Waals surface area contributed by atoms with E-state index in [0.29, 0.717) is 17.6 Å². The molecule has 3 rings (SSSR count). The standard InChI is InChI=1S/C15H19F2N5O2/c1-9(10-2-4-23-5-3-10)11-7-18-8-13(19-11)20-12-6-14(22-21-12)24-15(16)17/h6-10,15H,2-5H2,1H3,(H2,19,20,21,22)/t9-/m0/s1. The molecule has 0 spiro atoms. The molecule has 3 heterocycles. The molecule has 0 aliphatic carbocycles. The molecular weight excluding hydrogens is 320 g/mol. The predicted molar refractivity (Wildman–Crippen MR) is 82.5 cm³/mol. The third-order valence-corrected chi connectivity index (χ3v) is 4.12. The fourth-order valence-electron chi connectivity index (χ4n) is 2.77. The lowest BCUT2D eigenvalue weighted by molar-refractivity contribution is -0.0528. The minimum Gasteiger partial charge on any atom is -0.417 e. The number of hydrogen-bond donors (Lipinski definition) is 2. The number of nitrogens with zero attached hydrogens (tertiary/aromatic N) is 3. The van der Waals surface area contributed by atoms with Crippen molar-refractivity contribution >= 4 is 11.6 Å². The summed E-state index contributed by atoms with van der Waals surface area (Å²) >= 11 is 0. The minimum absolute atomic E-state index is 0.118. The Morgan fingerprint density at radius 1 is 1.29 bits per heavy atom. The van der Waals surface area contributed by atoms with Crippen molar-refractivity contribution in [2.45, 2.75) is 32.3 Å². The molecule has 0 amide bonds. The van der Waals surface area contributed by atoms with Crippen molar-refractivity contribution in [3.63, 3.8) is 0 Å². The molecule has 1 aliphatic rings. The molecular formula is C15H19F2N5O2. The van der Waals surface area contributed by atoms with E-state index in [1.54, 1.807) is 12.4 Å².